The Labute approximate surface area is 163 Å². The molecular formula is C18H17N3O4S2. The first-order valence-corrected chi connectivity index (χ1v) is 9.82. The van der Waals surface area contributed by atoms with Crippen molar-refractivity contribution in [3.8, 4) is 16.3 Å². The first kappa shape index (κ1) is 19.1. The van der Waals surface area contributed by atoms with Crippen LogP contribution in [0.4, 0.5) is 0 Å². The van der Waals surface area contributed by atoms with Crippen LogP contribution >= 0.6 is 23.1 Å². The fourth-order valence-electron chi connectivity index (χ4n) is 2.27. The highest BCUT2D eigenvalue weighted by Crippen LogP contribution is 2.28. The number of rotatable bonds is 7. The first-order valence-electron chi connectivity index (χ1n) is 7.96. The molecule has 0 atom stereocenters. The van der Waals surface area contributed by atoms with Crippen LogP contribution in [-0.4, -0.2) is 35.1 Å². The fraction of sp³-hybridized carbons (Fsp3) is 0.222. The third kappa shape index (κ3) is 5.18. The maximum atomic E-state index is 11.8. The molecule has 0 amide bonds. The molecule has 0 bridgehead atoms. The smallest absolute Gasteiger partial charge is 0.311 e. The molecule has 0 unspecified atom stereocenters. The van der Waals surface area contributed by atoms with Crippen LogP contribution in [0.15, 0.2) is 45.7 Å². The number of hydrogen-bond acceptors (Lipinski definition) is 8. The zero-order chi connectivity index (χ0) is 19.2. The summed E-state index contributed by atoms with van der Waals surface area (Å²) >= 11 is 2.89. The Bertz CT molecular complexity index is 1000. The standard InChI is InChI=1S/C18H17N3O4S2/c1-24-14-5-3-4-11(6-14)17-19-13(9-26-17)10-27-18-20-12(7-15(22)21-18)8-16(23)25-2/h3-7,9H,8,10H2,1-2H3,(H,20,21,22). The minimum absolute atomic E-state index is 0.0370. The molecule has 0 aliphatic carbocycles. The number of esters is 1. The van der Waals surface area contributed by atoms with Gasteiger partial charge in [-0.05, 0) is 12.1 Å². The summed E-state index contributed by atoms with van der Waals surface area (Å²) in [4.78, 5) is 34.7. The van der Waals surface area contributed by atoms with Crippen molar-refractivity contribution in [1.82, 2.24) is 15.0 Å². The number of aromatic amines is 1. The van der Waals surface area contributed by atoms with E-state index < -0.39 is 5.97 Å². The van der Waals surface area contributed by atoms with E-state index in [0.717, 1.165) is 22.0 Å². The van der Waals surface area contributed by atoms with E-state index in [9.17, 15) is 9.59 Å². The summed E-state index contributed by atoms with van der Waals surface area (Å²) in [5.74, 6) is 0.889. The Morgan fingerprint density at radius 3 is 2.85 bits per heavy atom. The number of hydrogen-bond donors (Lipinski definition) is 1. The maximum Gasteiger partial charge on any atom is 0.311 e. The molecule has 0 fully saturated rings. The second-order valence-electron chi connectivity index (χ2n) is 5.46. The van der Waals surface area contributed by atoms with E-state index in [2.05, 4.69) is 19.7 Å². The second kappa shape index (κ2) is 8.83. The Morgan fingerprint density at radius 1 is 1.22 bits per heavy atom. The third-order valence-corrected chi connectivity index (χ3v) is 5.40. The molecule has 1 aromatic carbocycles. The summed E-state index contributed by atoms with van der Waals surface area (Å²) in [6.45, 7) is 0. The number of ether oxygens (including phenoxy) is 2. The van der Waals surface area contributed by atoms with Gasteiger partial charge in [-0.3, -0.25) is 9.59 Å². The number of H-pyrrole nitrogens is 1. The normalized spacial score (nSPS) is 10.6. The van der Waals surface area contributed by atoms with Crippen LogP contribution < -0.4 is 10.3 Å². The van der Waals surface area contributed by atoms with Crippen LogP contribution in [0.3, 0.4) is 0 Å². The van der Waals surface area contributed by atoms with Gasteiger partial charge in [0.05, 0.1) is 32.0 Å². The molecule has 3 aromatic rings. The summed E-state index contributed by atoms with van der Waals surface area (Å²) < 4.78 is 9.85. The highest BCUT2D eigenvalue weighted by Gasteiger charge is 2.10. The summed E-state index contributed by atoms with van der Waals surface area (Å²) in [5.41, 5.74) is 1.94. The van der Waals surface area contributed by atoms with Crippen molar-refractivity contribution in [1.29, 1.82) is 0 Å². The topological polar surface area (TPSA) is 94.2 Å². The lowest BCUT2D eigenvalue weighted by atomic mass is 10.2. The number of nitrogens with one attached hydrogen (secondary N) is 1. The monoisotopic (exact) mass is 403 g/mol. The highest BCUT2D eigenvalue weighted by molar-refractivity contribution is 7.98. The van der Waals surface area contributed by atoms with Crippen molar-refractivity contribution < 1.29 is 14.3 Å². The largest absolute Gasteiger partial charge is 0.497 e. The quantitative estimate of drug-likeness (QED) is 0.368. The second-order valence-corrected chi connectivity index (χ2v) is 7.28. The van der Waals surface area contributed by atoms with E-state index >= 15 is 0 Å². The van der Waals surface area contributed by atoms with Crippen molar-refractivity contribution in [2.45, 2.75) is 17.3 Å². The third-order valence-electron chi connectivity index (χ3n) is 3.55. The van der Waals surface area contributed by atoms with E-state index in [-0.39, 0.29) is 12.0 Å². The molecule has 0 radical (unpaired) electrons. The Morgan fingerprint density at radius 2 is 2.07 bits per heavy atom. The van der Waals surface area contributed by atoms with E-state index in [1.807, 2.05) is 29.6 Å². The van der Waals surface area contributed by atoms with Gasteiger partial charge in [-0.2, -0.15) is 0 Å². The molecule has 0 saturated heterocycles. The van der Waals surface area contributed by atoms with Gasteiger partial charge in [0.1, 0.15) is 10.8 Å². The van der Waals surface area contributed by atoms with Crippen molar-refractivity contribution in [3.05, 3.63) is 57.5 Å². The van der Waals surface area contributed by atoms with Gasteiger partial charge in [0.2, 0.25) is 0 Å². The van der Waals surface area contributed by atoms with Crippen molar-refractivity contribution in [2.75, 3.05) is 14.2 Å². The number of carbonyl (C=O) groups excluding carboxylic acids is 1. The van der Waals surface area contributed by atoms with Gasteiger partial charge < -0.3 is 14.5 Å². The lowest BCUT2D eigenvalue weighted by Crippen LogP contribution is -2.13. The Balaban J connectivity index is 1.69. The van der Waals surface area contributed by atoms with Crippen molar-refractivity contribution in [2.24, 2.45) is 0 Å². The maximum absolute atomic E-state index is 11.8. The highest BCUT2D eigenvalue weighted by atomic mass is 32.2. The van der Waals surface area contributed by atoms with Gasteiger partial charge in [-0.15, -0.1) is 11.3 Å². The number of benzene rings is 1. The number of thiazole rings is 1. The average molecular weight is 403 g/mol. The molecule has 7 nitrogen and oxygen atoms in total. The minimum atomic E-state index is -0.438. The van der Waals surface area contributed by atoms with Gasteiger partial charge >= 0.3 is 5.97 Å². The summed E-state index contributed by atoms with van der Waals surface area (Å²) in [6.07, 6.45) is -0.0370. The molecular weight excluding hydrogens is 386 g/mol. The van der Waals surface area contributed by atoms with Gasteiger partial charge in [0, 0.05) is 22.8 Å². The van der Waals surface area contributed by atoms with E-state index in [1.54, 1.807) is 18.4 Å². The van der Waals surface area contributed by atoms with E-state index in [4.69, 9.17) is 4.74 Å². The van der Waals surface area contributed by atoms with E-state index in [1.165, 1.54) is 24.9 Å². The van der Waals surface area contributed by atoms with Crippen molar-refractivity contribution >= 4 is 29.1 Å². The molecule has 0 aliphatic rings. The van der Waals surface area contributed by atoms with Crippen LogP contribution in [0.1, 0.15) is 11.4 Å². The van der Waals surface area contributed by atoms with E-state index in [0.29, 0.717) is 16.6 Å². The fourth-order valence-corrected chi connectivity index (χ4v) is 3.98. The molecule has 3 rings (SSSR count). The van der Waals surface area contributed by atoms with Crippen LogP contribution in [-0.2, 0) is 21.7 Å². The molecule has 9 heteroatoms. The summed E-state index contributed by atoms with van der Waals surface area (Å²) in [7, 11) is 2.93. The predicted octanol–water partition coefficient (Wildman–Crippen LogP) is 2.91. The van der Waals surface area contributed by atoms with Gasteiger partial charge in [-0.1, -0.05) is 23.9 Å². The van der Waals surface area contributed by atoms with Crippen LogP contribution in [0.2, 0.25) is 0 Å². The molecule has 2 heterocycles. The number of carbonyl (C=O) groups is 1. The summed E-state index contributed by atoms with van der Waals surface area (Å²) in [6, 6.07) is 9.02. The lowest BCUT2D eigenvalue weighted by Gasteiger charge is -2.03. The molecule has 140 valence electrons. The SMILES string of the molecule is COC(=O)Cc1cc(=O)[nH]c(SCc2csc(-c3cccc(OC)c3)n2)n1. The molecule has 1 N–H and O–H groups in total. The Hall–Kier alpha value is -2.65. The molecule has 0 saturated carbocycles. The lowest BCUT2D eigenvalue weighted by molar-refractivity contribution is -0.139. The van der Waals surface area contributed by atoms with Gasteiger partial charge in [0.25, 0.3) is 5.56 Å². The van der Waals surface area contributed by atoms with Gasteiger partial charge in [-0.25, -0.2) is 9.97 Å². The van der Waals surface area contributed by atoms with Crippen molar-refractivity contribution in [3.63, 3.8) is 0 Å². The molecule has 0 aliphatic heterocycles. The molecule has 2 aromatic heterocycles. The van der Waals surface area contributed by atoms with Crippen LogP contribution in [0.5, 0.6) is 5.75 Å². The first-order chi connectivity index (χ1) is 13.1. The molecule has 27 heavy (non-hydrogen) atoms. The summed E-state index contributed by atoms with van der Waals surface area (Å²) in [5, 5.41) is 3.31. The Kier molecular flexibility index (Phi) is 6.25. The minimum Gasteiger partial charge on any atom is -0.497 e. The number of aromatic nitrogens is 3. The zero-order valence-electron chi connectivity index (χ0n) is 14.7. The van der Waals surface area contributed by atoms with Gasteiger partial charge in [0.15, 0.2) is 5.16 Å². The van der Waals surface area contributed by atoms with Crippen LogP contribution in [0.25, 0.3) is 10.6 Å². The number of thioether (sulfide) groups is 1. The van der Waals surface area contributed by atoms with Crippen LogP contribution in [0, 0.1) is 0 Å². The number of methoxy groups -OCH3 is 2. The average Bonchev–Trinajstić information content (AvgIpc) is 3.15. The number of nitrogens with zero attached hydrogens (tertiary/aromatic N) is 2. The molecule has 0 spiro atoms. The predicted molar refractivity (Wildman–Crippen MR) is 104 cm³/mol. The zero-order valence-corrected chi connectivity index (χ0v) is 16.4.